The molecule has 0 unspecified atom stereocenters. The molecular weight excluding hydrogens is 410 g/mol. The lowest BCUT2D eigenvalue weighted by molar-refractivity contribution is 0.322. The van der Waals surface area contributed by atoms with Crippen molar-refractivity contribution < 1.29 is 0 Å². The van der Waals surface area contributed by atoms with Gasteiger partial charge in [0.05, 0.1) is 6.04 Å². The zero-order chi connectivity index (χ0) is 22.5. The number of benzene rings is 2. The number of rotatable bonds is 7. The first kappa shape index (κ1) is 21.2. The number of allylic oxidation sites excluding steroid dienone is 1. The van der Waals surface area contributed by atoms with Crippen LogP contribution in [-0.2, 0) is 6.42 Å². The molecule has 0 spiro atoms. The summed E-state index contributed by atoms with van der Waals surface area (Å²) in [6.45, 7) is 2.13. The molecule has 2 aromatic heterocycles. The third-order valence-corrected chi connectivity index (χ3v) is 6.30. The Balaban J connectivity index is 1.41. The van der Waals surface area contributed by atoms with Gasteiger partial charge in [-0.05, 0) is 52.5 Å². The first-order valence-corrected chi connectivity index (χ1v) is 11.9. The van der Waals surface area contributed by atoms with Crippen molar-refractivity contribution in [2.24, 2.45) is 0 Å². The Bertz CT molecular complexity index is 1200. The van der Waals surface area contributed by atoms with E-state index in [1.54, 1.807) is 0 Å². The van der Waals surface area contributed by atoms with Gasteiger partial charge in [-0.1, -0.05) is 80.8 Å². The van der Waals surface area contributed by atoms with E-state index in [-0.39, 0.29) is 0 Å². The summed E-state index contributed by atoms with van der Waals surface area (Å²) < 4.78 is 2.20. The van der Waals surface area contributed by atoms with E-state index in [1.165, 1.54) is 37.7 Å². The maximum Gasteiger partial charge on any atom is 0.180 e. The lowest BCUT2D eigenvalue weighted by atomic mass is 9.95. The summed E-state index contributed by atoms with van der Waals surface area (Å²) in [6.07, 6.45) is 12.2. The second-order valence-electron chi connectivity index (χ2n) is 8.60. The minimum Gasteiger partial charge on any atom is -0.246 e. The fourth-order valence-corrected chi connectivity index (χ4v) is 4.61. The molecule has 2 aromatic carbocycles. The molecule has 0 bridgehead atoms. The highest BCUT2D eigenvalue weighted by Crippen LogP contribution is 2.31. The number of hydrogen-bond donors (Lipinski definition) is 1. The standard InChI is InChI=1S/C26H29N7/c1-2-3-13-24-27-25(33(30-24)21-9-5-4-6-10-21)18-19-14-16-20(17-15-19)22-11-7-8-12-23(22)26-28-31-32-29-26/h3,7-8,11-17,21H,2,4-6,9-10,18H2,1H3,(H,28,29,31,32). The smallest absolute Gasteiger partial charge is 0.180 e. The fraction of sp³-hybridized carbons (Fsp3) is 0.346. The van der Waals surface area contributed by atoms with Crippen LogP contribution in [0.1, 0.15) is 68.7 Å². The Hall–Kier alpha value is -3.61. The summed E-state index contributed by atoms with van der Waals surface area (Å²) in [6, 6.07) is 17.3. The second kappa shape index (κ2) is 9.90. The Morgan fingerprint density at radius 1 is 1.00 bits per heavy atom. The van der Waals surface area contributed by atoms with Crippen molar-refractivity contribution in [3.05, 3.63) is 71.8 Å². The van der Waals surface area contributed by atoms with Gasteiger partial charge >= 0.3 is 0 Å². The average Bonchev–Trinajstić information content (AvgIpc) is 3.54. The molecule has 0 amide bonds. The van der Waals surface area contributed by atoms with Gasteiger partial charge in [0.1, 0.15) is 5.82 Å². The average molecular weight is 440 g/mol. The quantitative estimate of drug-likeness (QED) is 0.402. The lowest BCUT2D eigenvalue weighted by Gasteiger charge is -2.23. The normalized spacial score (nSPS) is 14.8. The first-order valence-electron chi connectivity index (χ1n) is 11.9. The van der Waals surface area contributed by atoms with Gasteiger partial charge in [-0.2, -0.15) is 5.10 Å². The van der Waals surface area contributed by atoms with Crippen LogP contribution in [0.5, 0.6) is 0 Å². The number of hydrogen-bond acceptors (Lipinski definition) is 5. The second-order valence-corrected chi connectivity index (χ2v) is 8.60. The third-order valence-electron chi connectivity index (χ3n) is 6.30. The van der Waals surface area contributed by atoms with E-state index in [0.29, 0.717) is 11.9 Å². The molecule has 168 valence electrons. The monoisotopic (exact) mass is 439 g/mol. The van der Waals surface area contributed by atoms with Gasteiger partial charge in [-0.3, -0.25) is 0 Å². The van der Waals surface area contributed by atoms with Crippen molar-refractivity contribution in [3.63, 3.8) is 0 Å². The van der Waals surface area contributed by atoms with Crippen LogP contribution in [0.4, 0.5) is 0 Å². The Morgan fingerprint density at radius 3 is 2.52 bits per heavy atom. The summed E-state index contributed by atoms with van der Waals surface area (Å²) in [5, 5.41) is 19.3. The van der Waals surface area contributed by atoms with Crippen molar-refractivity contribution in [1.82, 2.24) is 35.4 Å². The van der Waals surface area contributed by atoms with Crippen LogP contribution in [0.25, 0.3) is 28.6 Å². The van der Waals surface area contributed by atoms with E-state index in [2.05, 4.69) is 68.6 Å². The predicted octanol–water partition coefficient (Wildman–Crippen LogP) is 5.64. The van der Waals surface area contributed by atoms with Gasteiger partial charge in [-0.25, -0.2) is 14.8 Å². The largest absolute Gasteiger partial charge is 0.246 e. The van der Waals surface area contributed by atoms with E-state index in [9.17, 15) is 0 Å². The number of tetrazole rings is 1. The van der Waals surface area contributed by atoms with Crippen molar-refractivity contribution in [1.29, 1.82) is 0 Å². The van der Waals surface area contributed by atoms with Crippen LogP contribution < -0.4 is 0 Å². The molecule has 7 heteroatoms. The molecule has 1 saturated carbocycles. The molecule has 0 radical (unpaired) electrons. The molecule has 1 N–H and O–H groups in total. The fourth-order valence-electron chi connectivity index (χ4n) is 4.61. The van der Waals surface area contributed by atoms with Gasteiger partial charge in [0, 0.05) is 12.0 Å². The zero-order valence-electron chi connectivity index (χ0n) is 19.0. The van der Waals surface area contributed by atoms with E-state index >= 15 is 0 Å². The van der Waals surface area contributed by atoms with Crippen molar-refractivity contribution in [3.8, 4) is 22.5 Å². The van der Waals surface area contributed by atoms with E-state index in [4.69, 9.17) is 10.1 Å². The number of nitrogens with one attached hydrogen (secondary N) is 1. The highest BCUT2D eigenvalue weighted by molar-refractivity contribution is 5.80. The molecule has 5 rings (SSSR count). The van der Waals surface area contributed by atoms with Gasteiger partial charge in [-0.15, -0.1) is 5.10 Å². The molecule has 7 nitrogen and oxygen atoms in total. The highest BCUT2D eigenvalue weighted by atomic mass is 15.5. The van der Waals surface area contributed by atoms with Crippen LogP contribution >= 0.6 is 0 Å². The van der Waals surface area contributed by atoms with Gasteiger partial charge < -0.3 is 0 Å². The van der Waals surface area contributed by atoms with Crippen LogP contribution in [0, 0.1) is 0 Å². The molecule has 2 heterocycles. The molecule has 1 fully saturated rings. The van der Waals surface area contributed by atoms with Gasteiger partial charge in [0.2, 0.25) is 0 Å². The number of aromatic amines is 1. The topological polar surface area (TPSA) is 85.2 Å². The lowest BCUT2D eigenvalue weighted by Crippen LogP contribution is -2.17. The van der Waals surface area contributed by atoms with Crippen LogP contribution in [0.2, 0.25) is 0 Å². The highest BCUT2D eigenvalue weighted by Gasteiger charge is 2.21. The minimum atomic E-state index is 0.465. The maximum absolute atomic E-state index is 4.89. The van der Waals surface area contributed by atoms with Gasteiger partial charge in [0.25, 0.3) is 0 Å². The van der Waals surface area contributed by atoms with Gasteiger partial charge in [0.15, 0.2) is 11.6 Å². The van der Waals surface area contributed by atoms with Crippen molar-refractivity contribution in [2.75, 3.05) is 0 Å². The van der Waals surface area contributed by atoms with Crippen LogP contribution in [0.3, 0.4) is 0 Å². The van der Waals surface area contributed by atoms with E-state index < -0.39 is 0 Å². The molecule has 0 aliphatic heterocycles. The van der Waals surface area contributed by atoms with Crippen LogP contribution in [-0.4, -0.2) is 35.4 Å². The molecule has 0 atom stereocenters. The predicted molar refractivity (Wildman–Crippen MR) is 129 cm³/mol. The van der Waals surface area contributed by atoms with Crippen molar-refractivity contribution >= 4 is 6.08 Å². The molecule has 1 aliphatic carbocycles. The summed E-state index contributed by atoms with van der Waals surface area (Å²) in [5.74, 6) is 2.55. The van der Waals surface area contributed by atoms with Crippen LogP contribution in [0.15, 0.2) is 54.6 Å². The molecular formula is C26H29N7. The molecule has 0 saturated heterocycles. The summed E-state index contributed by atoms with van der Waals surface area (Å²) >= 11 is 0. The molecule has 33 heavy (non-hydrogen) atoms. The van der Waals surface area contributed by atoms with Crippen molar-refractivity contribution in [2.45, 2.75) is 57.9 Å². The van der Waals surface area contributed by atoms with E-state index in [0.717, 1.165) is 41.2 Å². The summed E-state index contributed by atoms with van der Waals surface area (Å²) in [7, 11) is 0. The number of H-pyrrole nitrogens is 1. The SMILES string of the molecule is CCC=Cc1nc(Cc2ccc(-c3ccccc3-c3nnn[nH]3)cc2)n(C2CCCCC2)n1. The first-order chi connectivity index (χ1) is 16.3. The Kier molecular flexibility index (Phi) is 6.37. The maximum atomic E-state index is 4.89. The Morgan fingerprint density at radius 2 is 1.79 bits per heavy atom. The number of aromatic nitrogens is 7. The third kappa shape index (κ3) is 4.77. The summed E-state index contributed by atoms with van der Waals surface area (Å²) in [4.78, 5) is 4.89. The summed E-state index contributed by atoms with van der Waals surface area (Å²) in [5.41, 5.74) is 4.44. The zero-order valence-corrected chi connectivity index (χ0v) is 19.0. The van der Waals surface area contributed by atoms with E-state index in [1.807, 2.05) is 24.3 Å². The molecule has 4 aromatic rings. The Labute approximate surface area is 194 Å². The minimum absolute atomic E-state index is 0.465. The molecule has 1 aliphatic rings. The number of nitrogens with zero attached hydrogens (tertiary/aromatic N) is 6.